The molecule has 0 nitrogen and oxygen atoms in total. The van der Waals surface area contributed by atoms with Crippen molar-refractivity contribution < 1.29 is 257 Å². The van der Waals surface area contributed by atoms with E-state index in [1.165, 1.54) is 0 Å². The number of benzene rings is 2. The van der Waals surface area contributed by atoms with Crippen molar-refractivity contribution in [2.24, 2.45) is 0 Å². The summed E-state index contributed by atoms with van der Waals surface area (Å²) in [5, 5.41) is 3.67. The van der Waals surface area contributed by atoms with E-state index >= 15 is 0 Å². The van der Waals surface area contributed by atoms with Gasteiger partial charge in [-0.1, -0.05) is 0 Å². The summed E-state index contributed by atoms with van der Waals surface area (Å²) < 4.78 is 13.4. The van der Waals surface area contributed by atoms with E-state index in [4.69, 9.17) is 0 Å². The standard InChI is InChI=1S/C14H7.6Ra.Rb.6H/c1-3-6-12-10-9-11(2)13-7-4-5-8-14(12)13;;;;;;;;;;;;;/h6H,1-2H3;;;;;;;;;;;;;. The van der Waals surface area contributed by atoms with E-state index in [1.54, 1.807) is 9.77 Å². The van der Waals surface area contributed by atoms with Gasteiger partial charge in [-0.15, -0.1) is 0 Å². The Kier molecular flexibility index (Phi) is 15.4. The Labute approximate surface area is 342 Å². The van der Waals surface area contributed by atoms with Gasteiger partial charge in [-0.05, 0) is 0 Å². The summed E-state index contributed by atoms with van der Waals surface area (Å²) >= 11 is 3.87. The Hall–Kier alpha value is 9.05. The average Bonchev–Trinajstić information content (AvgIpc) is 2.42. The number of aryl methyl sites for hydroxylation is 1. The molecule has 0 spiro atoms. The molecule has 0 aliphatic carbocycles. The summed E-state index contributed by atoms with van der Waals surface area (Å²) in [5.41, 5.74) is 3.56. The minimum absolute atomic E-state index is 0.496. The summed E-state index contributed by atoms with van der Waals surface area (Å²) in [6, 6.07) is 0. The van der Waals surface area contributed by atoms with Gasteiger partial charge in [-0.3, -0.25) is 0 Å². The third kappa shape index (κ3) is 6.53. The van der Waals surface area contributed by atoms with Crippen LogP contribution in [0.3, 0.4) is 0 Å². The molecule has 0 saturated carbocycles. The Morgan fingerprint density at radius 2 is 1.24 bits per heavy atom. The SMILES string of the molecule is C/[C]([Rb])=C/c1[c]([RaH])[c]([RaH])c(C)c2[c]([RaH])[c]([RaH])[c]([RaH])[c]([RaH])c12. The molecule has 0 fully saturated rings. The third-order valence-corrected chi connectivity index (χ3v) is 108. The van der Waals surface area contributed by atoms with Crippen LogP contribution in [0.5, 0.6) is 0 Å². The van der Waals surface area contributed by atoms with Crippen LogP contribution in [-0.4, -0.2) is 55.5 Å². The zero-order chi connectivity index (χ0) is 16.1. The molecule has 21 heavy (non-hydrogen) atoms. The normalized spacial score (nSPS) is 11.8. The van der Waals surface area contributed by atoms with E-state index < -0.39 is 0 Å². The summed E-state index contributed by atoms with van der Waals surface area (Å²) in [6.45, 7) is 4.87. The van der Waals surface area contributed by atoms with E-state index in [2.05, 4.69) is 19.9 Å². The second kappa shape index (κ2) is 12.3. The Morgan fingerprint density at radius 3 is 1.71 bits per heavy atom. The van der Waals surface area contributed by atoms with Crippen LogP contribution in [0.4, 0.5) is 0 Å². The van der Waals surface area contributed by atoms with Gasteiger partial charge >= 0.3 is 356 Å². The van der Waals surface area contributed by atoms with Gasteiger partial charge in [0.25, 0.3) is 0 Å². The number of allylic oxidation sites excluding steroid dienone is 1. The maximum absolute atomic E-state index is 2.65. The van der Waals surface area contributed by atoms with Crippen LogP contribution in [0.1, 0.15) is 18.1 Å². The van der Waals surface area contributed by atoms with Crippen molar-refractivity contribution in [1.82, 2.24) is 0 Å². The van der Waals surface area contributed by atoms with Gasteiger partial charge in [0, 0.05) is 0 Å². The molecule has 2 rings (SSSR count). The van der Waals surface area contributed by atoms with Crippen molar-refractivity contribution in [1.29, 1.82) is 0 Å². The third-order valence-electron chi connectivity index (χ3n) is 5.29. The molecule has 0 bridgehead atoms. The zero-order valence-electron chi connectivity index (χ0n) is 15.1. The summed E-state index contributed by atoms with van der Waals surface area (Å²) in [6.07, 6.45) is 2.65. The van der Waals surface area contributed by atoms with Crippen molar-refractivity contribution in [2.45, 2.75) is 13.8 Å². The van der Waals surface area contributed by atoms with Crippen LogP contribution in [0.15, 0.2) is -1.36 Å². The predicted octanol–water partition coefficient (Wildman–Crippen LogP) is -2.88. The van der Waals surface area contributed by atoms with Gasteiger partial charge < -0.3 is 0 Å². The number of rotatable bonds is 1. The Bertz CT molecular complexity index is 782. The topological polar surface area (TPSA) is 0 Å². The first-order valence-corrected chi connectivity index (χ1v) is 34.9. The average molecular weight is 1620 g/mol. The molecule has 0 amide bonds. The van der Waals surface area contributed by atoms with Crippen LogP contribution in [0, 0.1) is 264 Å². The molecule has 0 aliphatic heterocycles. The van der Waals surface area contributed by atoms with Gasteiger partial charge in [-0.25, -0.2) is 0 Å². The monoisotopic (exact) mass is 1620 g/mol. The molecule has 0 aromatic heterocycles. The molecule has 7 heteroatoms. The molecule has 0 atom stereocenters. The maximum atomic E-state index is 2.65. The van der Waals surface area contributed by atoms with Crippen molar-refractivity contribution >= 4 is 76.0 Å². The van der Waals surface area contributed by atoms with Crippen molar-refractivity contribution in [3.05, 3.63) is 9.77 Å². The van der Waals surface area contributed by atoms with Gasteiger partial charge in [0.2, 0.25) is 0 Å². The van der Waals surface area contributed by atoms with Gasteiger partial charge in [0.05, 0.1) is 0 Å². The fourth-order valence-electron chi connectivity index (χ4n) is 3.45. The molecule has 82 valence electrons. The second-order valence-electron chi connectivity index (χ2n) is 6.76. The number of hydrogen-bond acceptors (Lipinski definition) is 0. The first-order chi connectivity index (χ1) is 9.68. The van der Waals surface area contributed by atoms with E-state index in [-0.39, 0.29) is 0 Å². The zero-order valence-corrected chi connectivity index (χ0v) is 69.3. The van der Waals surface area contributed by atoms with E-state index in [0.29, 0.717) is 312 Å². The Morgan fingerprint density at radius 1 is 0.762 bits per heavy atom. The summed E-state index contributed by atoms with van der Waals surface area (Å²) in [5.74, 6) is 0. The summed E-state index contributed by atoms with van der Waals surface area (Å²) in [7, 11) is 0. The molecule has 0 heterocycles. The predicted molar refractivity (Wildman–Crippen MR) is 74.3 cm³/mol. The molecule has 0 unspecified atom stereocenters. The summed E-state index contributed by atoms with van der Waals surface area (Å²) in [4.78, 5) is 0. The molecular formula is C14H13Ra6Rb. The molecule has 2 aromatic carbocycles. The molecular weight excluding hydrogens is 1610 g/mol. The van der Waals surface area contributed by atoms with Crippen LogP contribution >= 0.6 is 0 Å². The van der Waals surface area contributed by atoms with E-state index in [1.807, 2.05) is 14.4 Å². The molecule has 0 N–H and O–H groups in total. The minimum atomic E-state index is 0.496. The van der Waals surface area contributed by atoms with Gasteiger partial charge in [-0.2, -0.15) is 0 Å². The second-order valence-corrected chi connectivity index (χ2v) is 35.3. The number of hydrogen-bond donors (Lipinski definition) is 0. The molecule has 0 saturated heterocycles. The molecule has 0 aliphatic rings. The van der Waals surface area contributed by atoms with Crippen LogP contribution < -0.4 is 3.63 Å². The van der Waals surface area contributed by atoms with Crippen molar-refractivity contribution in [2.75, 3.05) is 0 Å². The Balaban J connectivity index is 3.21. The van der Waals surface area contributed by atoms with Gasteiger partial charge in [0.15, 0.2) is 0 Å². The van der Waals surface area contributed by atoms with Gasteiger partial charge in [0.1, 0.15) is 0 Å². The molecule has 2 aromatic rings. The van der Waals surface area contributed by atoms with Crippen LogP contribution in [0.25, 0.3) is 16.8 Å². The molecule has 0 radical (unpaired) electrons. The number of fused-ring (bicyclic) bond motifs is 1. The first kappa shape index (κ1) is 26.3. The van der Waals surface area contributed by atoms with Crippen LogP contribution in [0.2, 0.25) is 0 Å². The quantitative estimate of drug-likeness (QED) is 0.289. The van der Waals surface area contributed by atoms with Crippen molar-refractivity contribution in [3.8, 4) is 0 Å². The van der Waals surface area contributed by atoms with E-state index in [9.17, 15) is 0 Å². The fourth-order valence-corrected chi connectivity index (χ4v) is 39.3. The van der Waals surface area contributed by atoms with E-state index in [0.717, 1.165) is 0 Å². The van der Waals surface area contributed by atoms with Crippen LogP contribution in [-0.2, 0) is 0 Å². The fraction of sp³-hybridized carbons (Fsp3) is 0.143. The first-order valence-electron chi connectivity index (χ1n) is 7.83. The van der Waals surface area contributed by atoms with Crippen molar-refractivity contribution in [3.63, 3.8) is 0 Å².